The lowest BCUT2D eigenvalue weighted by atomic mass is 10.1. The molecule has 2 heteroatoms. The number of para-hydroxylation sites is 1. The molecular formula is C20H15ClO. The summed E-state index contributed by atoms with van der Waals surface area (Å²) in [5, 5.41) is 0.724. The van der Waals surface area contributed by atoms with Gasteiger partial charge in [0.15, 0.2) is 0 Å². The second-order valence-corrected chi connectivity index (χ2v) is 5.28. The maximum absolute atomic E-state index is 6.06. The Morgan fingerprint density at radius 1 is 0.727 bits per heavy atom. The Bertz CT molecular complexity index is 747. The van der Waals surface area contributed by atoms with Gasteiger partial charge in [-0.2, -0.15) is 0 Å². The largest absolute Gasteiger partial charge is 0.457 e. The maximum Gasteiger partial charge on any atom is 0.135 e. The zero-order valence-electron chi connectivity index (χ0n) is 11.9. The van der Waals surface area contributed by atoms with Gasteiger partial charge in [0, 0.05) is 10.6 Å². The van der Waals surface area contributed by atoms with Crippen molar-refractivity contribution >= 4 is 23.4 Å². The van der Waals surface area contributed by atoms with Gasteiger partial charge in [0.05, 0.1) is 0 Å². The molecule has 0 saturated heterocycles. The molecule has 0 atom stereocenters. The highest BCUT2D eigenvalue weighted by Crippen LogP contribution is 2.23. The van der Waals surface area contributed by atoms with E-state index in [2.05, 4.69) is 0 Å². The highest BCUT2D eigenvalue weighted by atomic mass is 35.5. The molecule has 3 rings (SSSR count). The van der Waals surface area contributed by atoms with Gasteiger partial charge in [-0.15, -0.1) is 0 Å². The second-order valence-electron chi connectivity index (χ2n) is 4.84. The predicted octanol–water partition coefficient (Wildman–Crippen LogP) is 5.92. The second kappa shape index (κ2) is 6.97. The van der Waals surface area contributed by atoms with Crippen LogP contribution in [0.25, 0.3) is 11.8 Å². The Morgan fingerprint density at radius 2 is 1.32 bits per heavy atom. The molecule has 22 heavy (non-hydrogen) atoms. The Morgan fingerprint density at radius 3 is 1.95 bits per heavy atom. The third-order valence-corrected chi connectivity index (χ3v) is 3.45. The van der Waals surface area contributed by atoms with Crippen molar-refractivity contribution < 1.29 is 4.74 Å². The molecule has 0 spiro atoms. The van der Waals surface area contributed by atoms with Gasteiger partial charge in [0.2, 0.25) is 0 Å². The lowest BCUT2D eigenvalue weighted by molar-refractivity contribution is 0.518. The molecule has 0 saturated carbocycles. The summed E-state index contributed by atoms with van der Waals surface area (Å²) >= 11 is 5.94. The first kappa shape index (κ1) is 14.4. The van der Waals surface area contributed by atoms with E-state index in [4.69, 9.17) is 16.3 Å². The minimum Gasteiger partial charge on any atom is -0.457 e. The number of hydrogen-bond donors (Lipinski definition) is 0. The van der Waals surface area contributed by atoms with Crippen LogP contribution in [0.1, 0.15) is 11.1 Å². The van der Waals surface area contributed by atoms with Crippen molar-refractivity contribution in [1.29, 1.82) is 0 Å². The van der Waals surface area contributed by atoms with E-state index in [0.29, 0.717) is 0 Å². The van der Waals surface area contributed by atoms with Crippen molar-refractivity contribution in [3.05, 3.63) is 101 Å². The van der Waals surface area contributed by atoms with E-state index in [-0.39, 0.29) is 0 Å². The molecule has 0 radical (unpaired) electrons. The molecule has 0 bridgehead atoms. The Kier molecular flexibility index (Phi) is 4.57. The van der Waals surface area contributed by atoms with Crippen LogP contribution >= 0.6 is 11.6 Å². The molecule has 0 fully saturated rings. The van der Waals surface area contributed by atoms with E-state index in [0.717, 1.165) is 27.7 Å². The molecule has 108 valence electrons. The van der Waals surface area contributed by atoms with E-state index in [1.54, 1.807) is 0 Å². The van der Waals surface area contributed by atoms with Crippen LogP contribution in [-0.4, -0.2) is 0 Å². The standard InChI is InChI=1S/C20H15ClO/c21-18-13-11-16(12-14-18)15-20(17-7-3-1-4-8-17)22-19-9-5-2-6-10-19/h1-15H/b20-15-. The van der Waals surface area contributed by atoms with Crippen molar-refractivity contribution in [2.45, 2.75) is 0 Å². The van der Waals surface area contributed by atoms with Crippen LogP contribution in [-0.2, 0) is 0 Å². The number of rotatable bonds is 4. The lowest BCUT2D eigenvalue weighted by Gasteiger charge is -2.11. The molecule has 0 aromatic heterocycles. The quantitative estimate of drug-likeness (QED) is 0.429. The Labute approximate surface area is 135 Å². The van der Waals surface area contributed by atoms with Gasteiger partial charge in [0.1, 0.15) is 11.5 Å². The molecule has 0 aliphatic carbocycles. The number of benzene rings is 3. The summed E-state index contributed by atoms with van der Waals surface area (Å²) in [5.41, 5.74) is 2.07. The zero-order valence-corrected chi connectivity index (χ0v) is 12.7. The smallest absolute Gasteiger partial charge is 0.135 e. The molecule has 0 N–H and O–H groups in total. The predicted molar refractivity (Wildman–Crippen MR) is 92.8 cm³/mol. The highest BCUT2D eigenvalue weighted by Gasteiger charge is 2.04. The molecule has 0 unspecified atom stereocenters. The van der Waals surface area contributed by atoms with Crippen molar-refractivity contribution in [3.8, 4) is 5.75 Å². The van der Waals surface area contributed by atoms with Crippen molar-refractivity contribution in [1.82, 2.24) is 0 Å². The van der Waals surface area contributed by atoms with Crippen LogP contribution in [0.4, 0.5) is 0 Å². The lowest BCUT2D eigenvalue weighted by Crippen LogP contribution is -1.95. The minimum absolute atomic E-state index is 0.724. The SMILES string of the molecule is Clc1ccc(/C=C(\Oc2ccccc2)c2ccccc2)cc1. The van der Waals surface area contributed by atoms with Crippen LogP contribution < -0.4 is 4.74 Å². The van der Waals surface area contributed by atoms with Crippen LogP contribution in [0.3, 0.4) is 0 Å². The average Bonchev–Trinajstić information content (AvgIpc) is 2.58. The molecule has 0 amide bonds. The Hall–Kier alpha value is -2.51. The van der Waals surface area contributed by atoms with Crippen molar-refractivity contribution in [2.75, 3.05) is 0 Å². The van der Waals surface area contributed by atoms with Crippen LogP contribution in [0.2, 0.25) is 5.02 Å². The zero-order chi connectivity index (χ0) is 15.2. The van der Waals surface area contributed by atoms with Gasteiger partial charge < -0.3 is 4.74 Å². The Balaban J connectivity index is 1.97. The third-order valence-electron chi connectivity index (χ3n) is 3.20. The molecule has 3 aromatic rings. The molecular weight excluding hydrogens is 292 g/mol. The third kappa shape index (κ3) is 3.78. The number of hydrogen-bond acceptors (Lipinski definition) is 1. The van der Waals surface area contributed by atoms with Gasteiger partial charge >= 0.3 is 0 Å². The first-order chi connectivity index (χ1) is 10.8. The fourth-order valence-electron chi connectivity index (χ4n) is 2.10. The van der Waals surface area contributed by atoms with Gasteiger partial charge in [-0.1, -0.05) is 72.3 Å². The van der Waals surface area contributed by atoms with Crippen molar-refractivity contribution in [3.63, 3.8) is 0 Å². The summed E-state index contributed by atoms with van der Waals surface area (Å²) in [7, 11) is 0. The molecule has 1 nitrogen and oxygen atoms in total. The van der Waals surface area contributed by atoms with Crippen LogP contribution in [0.5, 0.6) is 5.75 Å². The van der Waals surface area contributed by atoms with E-state index in [1.807, 2.05) is 91.0 Å². The summed E-state index contributed by atoms with van der Waals surface area (Å²) in [6.07, 6.45) is 2.01. The molecule has 3 aromatic carbocycles. The molecule has 0 aliphatic heterocycles. The topological polar surface area (TPSA) is 9.23 Å². The average molecular weight is 307 g/mol. The summed E-state index contributed by atoms with van der Waals surface area (Å²) in [6, 6.07) is 27.5. The normalized spacial score (nSPS) is 11.2. The van der Waals surface area contributed by atoms with Gasteiger partial charge in [-0.3, -0.25) is 0 Å². The first-order valence-corrected chi connectivity index (χ1v) is 7.45. The van der Waals surface area contributed by atoms with E-state index in [1.165, 1.54) is 0 Å². The summed E-state index contributed by atoms with van der Waals surface area (Å²) < 4.78 is 6.06. The molecule has 0 heterocycles. The summed E-state index contributed by atoms with van der Waals surface area (Å²) in [5.74, 6) is 1.61. The maximum atomic E-state index is 6.06. The van der Waals surface area contributed by atoms with Crippen LogP contribution in [0, 0.1) is 0 Å². The monoisotopic (exact) mass is 306 g/mol. The summed E-state index contributed by atoms with van der Waals surface area (Å²) in [4.78, 5) is 0. The van der Waals surface area contributed by atoms with E-state index >= 15 is 0 Å². The van der Waals surface area contributed by atoms with Gasteiger partial charge in [0.25, 0.3) is 0 Å². The fraction of sp³-hybridized carbons (Fsp3) is 0. The van der Waals surface area contributed by atoms with Crippen LogP contribution in [0.15, 0.2) is 84.9 Å². The van der Waals surface area contributed by atoms with Gasteiger partial charge in [-0.05, 0) is 35.9 Å². The van der Waals surface area contributed by atoms with E-state index < -0.39 is 0 Å². The minimum atomic E-state index is 0.724. The highest BCUT2D eigenvalue weighted by molar-refractivity contribution is 6.30. The molecule has 0 aliphatic rings. The van der Waals surface area contributed by atoms with E-state index in [9.17, 15) is 0 Å². The summed E-state index contributed by atoms with van der Waals surface area (Å²) in [6.45, 7) is 0. The van der Waals surface area contributed by atoms with Gasteiger partial charge in [-0.25, -0.2) is 0 Å². The van der Waals surface area contributed by atoms with Crippen molar-refractivity contribution in [2.24, 2.45) is 0 Å². The first-order valence-electron chi connectivity index (χ1n) is 7.07. The number of ether oxygens (including phenoxy) is 1. The number of halogens is 1. The fourth-order valence-corrected chi connectivity index (χ4v) is 2.23.